The van der Waals surface area contributed by atoms with Crippen LogP contribution >= 0.6 is 0 Å². The number of aromatic nitrogens is 2. The van der Waals surface area contributed by atoms with Gasteiger partial charge in [-0.3, -0.25) is 9.59 Å². The fourth-order valence-corrected chi connectivity index (χ4v) is 2.74. The van der Waals surface area contributed by atoms with Crippen LogP contribution in [0.2, 0.25) is 0 Å². The minimum atomic E-state index is -0.833. The van der Waals surface area contributed by atoms with Crippen molar-refractivity contribution in [2.75, 3.05) is 6.61 Å². The summed E-state index contributed by atoms with van der Waals surface area (Å²) < 4.78 is 7.99. The van der Waals surface area contributed by atoms with E-state index >= 15 is 0 Å². The molecule has 0 fully saturated rings. The van der Waals surface area contributed by atoms with Gasteiger partial charge in [0.05, 0.1) is 6.61 Å². The molecule has 0 saturated heterocycles. The number of nitrogens with zero attached hydrogens (tertiary/aromatic N) is 2. The molecule has 3 aromatic rings. The lowest BCUT2D eigenvalue weighted by Gasteiger charge is -2.09. The van der Waals surface area contributed by atoms with Crippen LogP contribution in [0.25, 0.3) is 22.1 Å². The molecule has 0 saturated carbocycles. The largest absolute Gasteiger partial charge is 0.491 e. The van der Waals surface area contributed by atoms with Gasteiger partial charge in [0.1, 0.15) is 12.1 Å². The highest BCUT2D eigenvalue weighted by molar-refractivity contribution is 5.85. The van der Waals surface area contributed by atoms with Crippen LogP contribution in [0, 0.1) is 0 Å². The van der Waals surface area contributed by atoms with E-state index in [2.05, 4.69) is 17.6 Å². The highest BCUT2D eigenvalue weighted by Gasteiger charge is 2.17. The summed E-state index contributed by atoms with van der Waals surface area (Å²) in [7, 11) is 0. The average Bonchev–Trinajstić information content (AvgIpc) is 2.63. The van der Waals surface area contributed by atoms with E-state index in [1.54, 1.807) is 0 Å². The first-order valence-electron chi connectivity index (χ1n) is 8.69. The van der Waals surface area contributed by atoms with E-state index in [1.807, 2.05) is 36.4 Å². The molecule has 0 atom stereocenters. The second kappa shape index (κ2) is 9.47. The molecule has 0 bridgehead atoms. The lowest BCUT2D eigenvalue weighted by Crippen LogP contribution is -2.34. The van der Waals surface area contributed by atoms with Gasteiger partial charge in [-0.25, -0.2) is 4.98 Å². The zero-order chi connectivity index (χ0) is 19.8. The van der Waals surface area contributed by atoms with E-state index < -0.39 is 11.9 Å². The monoisotopic (exact) mass is 371 g/mol. The highest BCUT2D eigenvalue weighted by Crippen LogP contribution is 2.24. The third-order valence-corrected chi connectivity index (χ3v) is 3.78. The van der Waals surface area contributed by atoms with Crippen LogP contribution in [0.4, 0.5) is 0 Å². The molecular weight excluding hydrogens is 348 g/mol. The lowest BCUT2D eigenvalue weighted by atomic mass is 10.2. The van der Waals surface area contributed by atoms with Crippen molar-refractivity contribution in [3.8, 4) is 5.75 Å². The van der Waals surface area contributed by atoms with Gasteiger partial charge in [-0.05, 0) is 25.5 Å². The van der Waals surface area contributed by atoms with Crippen molar-refractivity contribution in [2.45, 2.75) is 33.2 Å². The number of hydrogen-bond donors (Lipinski definition) is 2. The summed E-state index contributed by atoms with van der Waals surface area (Å²) >= 11 is 0. The number of aryl methyl sites for hydroxylation is 1. The number of carbonyl (C=O) groups is 2. The van der Waals surface area contributed by atoms with E-state index in [4.69, 9.17) is 24.7 Å². The van der Waals surface area contributed by atoms with Crippen LogP contribution in [0.1, 0.15) is 26.7 Å². The summed E-state index contributed by atoms with van der Waals surface area (Å²) in [6.07, 6.45) is 0.586. The normalized spacial score (nSPS) is 10.3. The van der Waals surface area contributed by atoms with E-state index in [9.17, 15) is 4.79 Å². The summed E-state index contributed by atoms with van der Waals surface area (Å²) in [5, 5.41) is 16.1. The average molecular weight is 371 g/mol. The van der Waals surface area contributed by atoms with Gasteiger partial charge in [-0.15, -0.1) is 0 Å². The SMILES string of the molecule is CC(=O)O.CC[n+]1c2ccccc2nc2c(OCCCC(=O)O)cccc21. The molecule has 3 rings (SSSR count). The van der Waals surface area contributed by atoms with Gasteiger partial charge < -0.3 is 14.9 Å². The Balaban J connectivity index is 0.000000596. The third-order valence-electron chi connectivity index (χ3n) is 3.78. The Morgan fingerprint density at radius 3 is 2.41 bits per heavy atom. The second-order valence-electron chi connectivity index (χ2n) is 5.83. The number of para-hydroxylation sites is 3. The Bertz CT molecular complexity index is 952. The molecule has 0 spiro atoms. The molecular formula is C20H23N2O5+. The standard InChI is InChI=1S/C18H18N2O3.C2H4O2/c1-2-20-14-8-4-3-7-13(14)19-18-15(20)9-5-10-16(18)23-12-6-11-17(21)22;1-2(3)4/h3-5,7-10H,2,6,11-12H2,1H3;1H3,(H,3,4)/p+1. The number of ether oxygens (including phenoxy) is 1. The second-order valence-corrected chi connectivity index (χ2v) is 5.83. The predicted molar refractivity (Wildman–Crippen MR) is 101 cm³/mol. The summed E-state index contributed by atoms with van der Waals surface area (Å²) in [6, 6.07) is 13.9. The van der Waals surface area contributed by atoms with Gasteiger partial charge in [-0.1, -0.05) is 18.2 Å². The molecule has 27 heavy (non-hydrogen) atoms. The van der Waals surface area contributed by atoms with Crippen molar-refractivity contribution >= 4 is 34.0 Å². The summed E-state index contributed by atoms with van der Waals surface area (Å²) in [6.45, 7) is 4.39. The summed E-state index contributed by atoms with van der Waals surface area (Å²) in [5.41, 5.74) is 3.83. The van der Waals surface area contributed by atoms with Crippen molar-refractivity contribution in [1.29, 1.82) is 0 Å². The molecule has 1 aromatic heterocycles. The van der Waals surface area contributed by atoms with Crippen LogP contribution in [0.3, 0.4) is 0 Å². The van der Waals surface area contributed by atoms with Gasteiger partial charge in [0.25, 0.3) is 5.97 Å². The maximum Gasteiger partial charge on any atom is 0.303 e. The predicted octanol–water partition coefficient (Wildman–Crippen LogP) is 3.03. The van der Waals surface area contributed by atoms with Crippen LogP contribution in [-0.2, 0) is 16.1 Å². The number of carboxylic acids is 2. The molecule has 0 aliphatic carbocycles. The van der Waals surface area contributed by atoms with Crippen molar-refractivity contribution in [1.82, 2.24) is 4.98 Å². The van der Waals surface area contributed by atoms with Crippen molar-refractivity contribution in [3.63, 3.8) is 0 Å². The van der Waals surface area contributed by atoms with Gasteiger partial charge in [0, 0.05) is 25.5 Å². The number of hydrogen-bond acceptors (Lipinski definition) is 4. The fraction of sp³-hybridized carbons (Fsp3) is 0.300. The maximum atomic E-state index is 10.6. The van der Waals surface area contributed by atoms with Crippen LogP contribution in [-0.4, -0.2) is 33.7 Å². The maximum absolute atomic E-state index is 10.6. The Morgan fingerprint density at radius 1 is 1.07 bits per heavy atom. The highest BCUT2D eigenvalue weighted by atomic mass is 16.5. The van der Waals surface area contributed by atoms with Crippen LogP contribution in [0.15, 0.2) is 42.5 Å². The smallest absolute Gasteiger partial charge is 0.303 e. The first-order chi connectivity index (χ1) is 12.9. The number of rotatable bonds is 6. The zero-order valence-corrected chi connectivity index (χ0v) is 15.4. The Kier molecular flexibility index (Phi) is 7.05. The number of aliphatic carboxylic acids is 2. The number of fused-ring (bicyclic) bond motifs is 2. The van der Waals surface area contributed by atoms with Crippen molar-refractivity contribution in [2.24, 2.45) is 0 Å². The minimum absolute atomic E-state index is 0.107. The van der Waals surface area contributed by atoms with E-state index in [1.165, 1.54) is 0 Å². The molecule has 0 aliphatic rings. The molecule has 7 heteroatoms. The molecule has 0 unspecified atom stereocenters. The van der Waals surface area contributed by atoms with Crippen molar-refractivity contribution in [3.05, 3.63) is 42.5 Å². The first-order valence-corrected chi connectivity index (χ1v) is 8.69. The van der Waals surface area contributed by atoms with Gasteiger partial charge in [0.15, 0.2) is 11.3 Å². The fourth-order valence-electron chi connectivity index (χ4n) is 2.74. The lowest BCUT2D eigenvalue weighted by molar-refractivity contribution is -0.641. The molecule has 142 valence electrons. The van der Waals surface area contributed by atoms with Gasteiger partial charge >= 0.3 is 5.97 Å². The summed E-state index contributed by atoms with van der Waals surface area (Å²) in [5.74, 6) is -0.944. The van der Waals surface area contributed by atoms with Crippen LogP contribution in [0.5, 0.6) is 5.75 Å². The first kappa shape index (κ1) is 20.1. The minimum Gasteiger partial charge on any atom is -0.491 e. The van der Waals surface area contributed by atoms with E-state index in [-0.39, 0.29) is 6.42 Å². The van der Waals surface area contributed by atoms with Crippen molar-refractivity contribution < 1.29 is 29.1 Å². The third kappa shape index (κ3) is 5.37. The molecule has 1 heterocycles. The Hall–Kier alpha value is -3.22. The number of benzene rings is 2. The Labute approximate surface area is 156 Å². The quantitative estimate of drug-likeness (QED) is 0.392. The molecule has 0 amide bonds. The number of carboxylic acid groups (broad SMARTS) is 2. The molecule has 2 aromatic carbocycles. The van der Waals surface area contributed by atoms with Gasteiger partial charge in [-0.2, -0.15) is 4.57 Å². The zero-order valence-electron chi connectivity index (χ0n) is 15.4. The topological polar surface area (TPSA) is 101 Å². The van der Waals surface area contributed by atoms with Crippen LogP contribution < -0.4 is 9.30 Å². The summed E-state index contributed by atoms with van der Waals surface area (Å²) in [4.78, 5) is 24.3. The molecule has 0 aliphatic heterocycles. The molecule has 2 N–H and O–H groups in total. The van der Waals surface area contributed by atoms with E-state index in [0.29, 0.717) is 18.8 Å². The van der Waals surface area contributed by atoms with Gasteiger partial charge in [0.2, 0.25) is 11.0 Å². The molecule has 0 radical (unpaired) electrons. The van der Waals surface area contributed by atoms with E-state index in [0.717, 1.165) is 35.5 Å². The molecule has 7 nitrogen and oxygen atoms in total. The Morgan fingerprint density at radius 2 is 1.74 bits per heavy atom.